The van der Waals surface area contributed by atoms with Crippen LogP contribution in [0.4, 0.5) is 18.9 Å². The van der Waals surface area contributed by atoms with E-state index in [-0.39, 0.29) is 5.15 Å². The van der Waals surface area contributed by atoms with Gasteiger partial charge in [0, 0.05) is 19.2 Å². The van der Waals surface area contributed by atoms with Crippen LogP contribution >= 0.6 is 11.6 Å². The summed E-state index contributed by atoms with van der Waals surface area (Å²) in [5.41, 5.74) is -0.483. The molecule has 20 heavy (non-hydrogen) atoms. The Bertz CT molecular complexity index is 753. The number of hydrogen-bond acceptors (Lipinski definition) is 3. The maximum atomic E-state index is 13.0. The van der Waals surface area contributed by atoms with Crippen LogP contribution in [-0.2, 0) is 17.1 Å². The van der Waals surface area contributed by atoms with E-state index in [2.05, 4.69) is 4.98 Å². The lowest BCUT2D eigenvalue weighted by Gasteiger charge is -2.07. The van der Waals surface area contributed by atoms with Crippen molar-refractivity contribution < 1.29 is 21.6 Å². The van der Waals surface area contributed by atoms with Crippen molar-refractivity contribution in [3.8, 4) is 0 Å². The van der Waals surface area contributed by atoms with Gasteiger partial charge in [0.25, 0.3) is 10.0 Å². The number of sulfonamides is 1. The molecule has 0 radical (unpaired) electrons. The Morgan fingerprint density at radius 2 is 1.80 bits per heavy atom. The van der Waals surface area contributed by atoms with E-state index in [0.717, 1.165) is 6.33 Å². The number of anilines is 1. The van der Waals surface area contributed by atoms with Crippen LogP contribution in [0.25, 0.3) is 0 Å². The number of imidazole rings is 1. The maximum Gasteiger partial charge on any atom is 0.282 e. The molecule has 10 heteroatoms. The second kappa shape index (κ2) is 4.98. The second-order valence-corrected chi connectivity index (χ2v) is 5.77. The van der Waals surface area contributed by atoms with E-state index in [1.807, 2.05) is 4.72 Å². The zero-order valence-corrected chi connectivity index (χ0v) is 11.4. The van der Waals surface area contributed by atoms with Gasteiger partial charge in [0.05, 0.1) is 12.0 Å². The maximum absolute atomic E-state index is 13.0. The summed E-state index contributed by atoms with van der Waals surface area (Å²) in [6.45, 7) is 0. The number of benzene rings is 1. The number of halogens is 4. The van der Waals surface area contributed by atoms with Crippen LogP contribution in [0, 0.1) is 17.5 Å². The van der Waals surface area contributed by atoms with Crippen molar-refractivity contribution in [2.24, 2.45) is 7.05 Å². The summed E-state index contributed by atoms with van der Waals surface area (Å²) in [5.74, 6) is -4.73. The molecule has 0 aliphatic rings. The Morgan fingerprint density at radius 1 is 1.25 bits per heavy atom. The fraction of sp³-hybridized carbons (Fsp3) is 0.100. The topological polar surface area (TPSA) is 64.0 Å². The number of nitrogens with one attached hydrogen (secondary N) is 1. The number of hydrogen-bond donors (Lipinski definition) is 1. The lowest BCUT2D eigenvalue weighted by atomic mass is 10.3. The van der Waals surface area contributed by atoms with Gasteiger partial charge < -0.3 is 4.57 Å². The predicted octanol–water partition coefficient (Wildman–Crippen LogP) is 2.29. The van der Waals surface area contributed by atoms with Gasteiger partial charge in [-0.05, 0) is 0 Å². The molecule has 1 aromatic heterocycles. The number of aryl methyl sites for hydroxylation is 1. The third-order valence-corrected chi connectivity index (χ3v) is 4.19. The molecular weight excluding hydrogens is 319 g/mol. The van der Waals surface area contributed by atoms with Crippen molar-refractivity contribution in [3.05, 3.63) is 41.1 Å². The van der Waals surface area contributed by atoms with E-state index in [4.69, 9.17) is 11.6 Å². The molecule has 1 heterocycles. The monoisotopic (exact) mass is 325 g/mol. The van der Waals surface area contributed by atoms with Crippen LogP contribution in [0.1, 0.15) is 0 Å². The van der Waals surface area contributed by atoms with Crippen molar-refractivity contribution in [2.75, 3.05) is 4.72 Å². The van der Waals surface area contributed by atoms with Crippen molar-refractivity contribution in [1.29, 1.82) is 0 Å². The summed E-state index contributed by atoms with van der Waals surface area (Å²) in [5, 5.41) is -0.688. The van der Waals surface area contributed by atoms with Crippen LogP contribution in [0.5, 0.6) is 0 Å². The van der Waals surface area contributed by atoms with Crippen LogP contribution in [0.3, 0.4) is 0 Å². The average Bonchev–Trinajstić information content (AvgIpc) is 2.67. The fourth-order valence-corrected chi connectivity index (χ4v) is 2.87. The third kappa shape index (κ3) is 2.59. The van der Waals surface area contributed by atoms with Crippen molar-refractivity contribution in [1.82, 2.24) is 9.55 Å². The average molecular weight is 326 g/mol. The summed E-state index contributed by atoms with van der Waals surface area (Å²) in [4.78, 5) is 3.56. The van der Waals surface area contributed by atoms with E-state index >= 15 is 0 Å². The minimum absolute atomic E-state index is 0.180. The second-order valence-electron chi connectivity index (χ2n) is 3.81. The predicted molar refractivity (Wildman–Crippen MR) is 65.3 cm³/mol. The zero-order chi connectivity index (χ0) is 15.1. The first-order chi connectivity index (χ1) is 9.22. The smallest absolute Gasteiger partial charge is 0.282 e. The van der Waals surface area contributed by atoms with Gasteiger partial charge in [-0.15, -0.1) is 0 Å². The highest BCUT2D eigenvalue weighted by Crippen LogP contribution is 2.23. The molecule has 5 nitrogen and oxygen atoms in total. The minimum atomic E-state index is -4.24. The van der Waals surface area contributed by atoms with Gasteiger partial charge in [-0.3, -0.25) is 4.72 Å². The normalized spacial score (nSPS) is 11.7. The third-order valence-electron chi connectivity index (χ3n) is 2.32. The summed E-state index contributed by atoms with van der Waals surface area (Å²) >= 11 is 5.72. The molecule has 108 valence electrons. The van der Waals surface area contributed by atoms with E-state index in [1.165, 1.54) is 11.6 Å². The van der Waals surface area contributed by atoms with Crippen molar-refractivity contribution >= 4 is 27.3 Å². The van der Waals surface area contributed by atoms with E-state index in [9.17, 15) is 21.6 Å². The number of aromatic nitrogens is 2. The molecule has 0 bridgehead atoms. The molecule has 0 aliphatic carbocycles. The first-order valence-electron chi connectivity index (χ1n) is 5.06. The highest BCUT2D eigenvalue weighted by molar-refractivity contribution is 7.92. The van der Waals surface area contributed by atoms with E-state index in [0.29, 0.717) is 12.1 Å². The summed E-state index contributed by atoms with van der Waals surface area (Å²) < 4.78 is 65.7. The Balaban J connectivity index is 2.41. The van der Waals surface area contributed by atoms with Crippen LogP contribution in [-0.4, -0.2) is 18.0 Å². The molecule has 0 unspecified atom stereocenters. The standard InChI is InChI=1S/C10H7ClF3N3O2S/c1-17-4-15-10(9(17)11)20(18,19)16-5-2-6(12)8(14)7(13)3-5/h2-4,16H,1H3. The molecule has 0 aliphatic heterocycles. The summed E-state index contributed by atoms with van der Waals surface area (Å²) in [6.07, 6.45) is 1.16. The zero-order valence-electron chi connectivity index (χ0n) is 9.86. The van der Waals surface area contributed by atoms with E-state index < -0.39 is 38.2 Å². The van der Waals surface area contributed by atoms with Crippen LogP contribution in [0.15, 0.2) is 23.5 Å². The van der Waals surface area contributed by atoms with Gasteiger partial charge in [-0.25, -0.2) is 18.2 Å². The molecule has 0 saturated carbocycles. The van der Waals surface area contributed by atoms with Crippen molar-refractivity contribution in [2.45, 2.75) is 5.03 Å². The number of nitrogens with zero attached hydrogens (tertiary/aromatic N) is 2. The molecule has 0 spiro atoms. The van der Waals surface area contributed by atoms with Crippen LogP contribution in [0.2, 0.25) is 5.15 Å². The Kier molecular flexibility index (Phi) is 3.65. The van der Waals surface area contributed by atoms with Gasteiger partial charge in [0.1, 0.15) is 5.15 Å². The van der Waals surface area contributed by atoms with Gasteiger partial charge in [0.2, 0.25) is 5.03 Å². The molecule has 1 N–H and O–H groups in total. The molecule has 0 atom stereocenters. The lowest BCUT2D eigenvalue weighted by molar-refractivity contribution is 0.448. The SMILES string of the molecule is Cn1cnc(S(=O)(=O)Nc2cc(F)c(F)c(F)c2)c1Cl. The fourth-order valence-electron chi connectivity index (χ4n) is 1.39. The highest BCUT2D eigenvalue weighted by atomic mass is 35.5. The molecule has 1 aromatic carbocycles. The first kappa shape index (κ1) is 14.7. The van der Waals surface area contributed by atoms with Crippen LogP contribution < -0.4 is 4.72 Å². The Morgan fingerprint density at radius 3 is 2.25 bits per heavy atom. The molecular formula is C10H7ClF3N3O2S. The highest BCUT2D eigenvalue weighted by Gasteiger charge is 2.23. The van der Waals surface area contributed by atoms with Gasteiger partial charge in [0.15, 0.2) is 17.5 Å². The van der Waals surface area contributed by atoms with Crippen molar-refractivity contribution in [3.63, 3.8) is 0 Å². The Hall–Kier alpha value is -1.74. The van der Waals surface area contributed by atoms with Gasteiger partial charge >= 0.3 is 0 Å². The molecule has 2 rings (SSSR count). The molecule has 2 aromatic rings. The minimum Gasteiger partial charge on any atom is -0.324 e. The van der Waals surface area contributed by atoms with Gasteiger partial charge in [-0.1, -0.05) is 11.6 Å². The Labute approximate surface area is 117 Å². The largest absolute Gasteiger partial charge is 0.324 e. The molecule has 0 amide bonds. The van der Waals surface area contributed by atoms with Gasteiger partial charge in [-0.2, -0.15) is 8.42 Å². The summed E-state index contributed by atoms with van der Waals surface area (Å²) in [7, 11) is -2.78. The molecule has 0 fully saturated rings. The number of rotatable bonds is 3. The lowest BCUT2D eigenvalue weighted by Crippen LogP contribution is -2.14. The quantitative estimate of drug-likeness (QED) is 0.881. The first-order valence-corrected chi connectivity index (χ1v) is 6.92. The summed E-state index contributed by atoms with van der Waals surface area (Å²) in [6, 6.07) is 1.01. The van der Waals surface area contributed by atoms with E-state index in [1.54, 1.807) is 0 Å². The molecule has 0 saturated heterocycles.